The third kappa shape index (κ3) is 3.16. The summed E-state index contributed by atoms with van der Waals surface area (Å²) in [5, 5.41) is 2.65. The zero-order valence-electron chi connectivity index (χ0n) is 13.7. The van der Waals surface area contributed by atoms with Gasteiger partial charge in [-0.3, -0.25) is 19.8 Å². The maximum atomic E-state index is 12.6. The number of hydrogen-bond donors (Lipinski definition) is 1. The summed E-state index contributed by atoms with van der Waals surface area (Å²) >= 11 is 5.06. The average molecular weight is 351 g/mol. The summed E-state index contributed by atoms with van der Waals surface area (Å²) in [6.45, 7) is 5.87. The molecule has 1 aromatic carbocycles. The number of para-hydroxylation sites is 1. The van der Waals surface area contributed by atoms with Gasteiger partial charge in [-0.1, -0.05) is 24.3 Å². The van der Waals surface area contributed by atoms with Crippen molar-refractivity contribution in [1.29, 1.82) is 0 Å². The molecule has 1 fully saturated rings. The van der Waals surface area contributed by atoms with Crippen LogP contribution in [0.2, 0.25) is 0 Å². The number of thiocarbonyl (C=S) groups is 1. The lowest BCUT2D eigenvalue weighted by Gasteiger charge is -2.27. The van der Waals surface area contributed by atoms with E-state index in [9.17, 15) is 9.59 Å². The number of carbonyl (C=O) groups is 2. The lowest BCUT2D eigenvalue weighted by atomic mass is 10.1. The molecule has 0 unspecified atom stereocenters. The fraction of sp³-hybridized carbons (Fsp3) is 0.105. The van der Waals surface area contributed by atoms with Crippen LogP contribution in [0.3, 0.4) is 0 Å². The molecule has 0 aliphatic carbocycles. The van der Waals surface area contributed by atoms with Crippen molar-refractivity contribution in [3.05, 3.63) is 72.1 Å². The lowest BCUT2D eigenvalue weighted by molar-refractivity contribution is -0.128. The van der Waals surface area contributed by atoms with E-state index < -0.39 is 11.8 Å². The van der Waals surface area contributed by atoms with E-state index in [-0.39, 0.29) is 17.2 Å². The van der Waals surface area contributed by atoms with E-state index in [0.29, 0.717) is 0 Å². The van der Waals surface area contributed by atoms with Gasteiger partial charge in [-0.05, 0) is 49.0 Å². The Morgan fingerprint density at radius 2 is 1.96 bits per heavy atom. The molecule has 2 heterocycles. The fourth-order valence-corrected chi connectivity index (χ4v) is 2.95. The second-order valence-electron chi connectivity index (χ2n) is 5.61. The third-order valence-corrected chi connectivity index (χ3v) is 4.27. The minimum Gasteiger partial charge on any atom is -0.317 e. The Balaban J connectivity index is 2.04. The number of hydrogen-bond acceptors (Lipinski definition) is 3. The number of aromatic nitrogens is 1. The normalized spacial score (nSPS) is 16.3. The quantitative estimate of drug-likeness (QED) is 0.399. The van der Waals surface area contributed by atoms with Gasteiger partial charge in [0.2, 0.25) is 0 Å². The summed E-state index contributed by atoms with van der Waals surface area (Å²) in [5.74, 6) is -0.918. The van der Waals surface area contributed by atoms with Gasteiger partial charge in [0.25, 0.3) is 11.8 Å². The van der Waals surface area contributed by atoms with Crippen molar-refractivity contribution >= 4 is 35.2 Å². The molecular weight excluding hydrogens is 334 g/mol. The molecular formula is C19H17N3O2S. The Bertz CT molecular complexity index is 911. The van der Waals surface area contributed by atoms with E-state index in [2.05, 4.69) is 11.9 Å². The number of rotatable bonds is 4. The first-order chi connectivity index (χ1) is 12.0. The predicted octanol–water partition coefficient (Wildman–Crippen LogP) is 2.60. The van der Waals surface area contributed by atoms with Gasteiger partial charge in [-0.2, -0.15) is 0 Å². The van der Waals surface area contributed by atoms with Gasteiger partial charge in [0.05, 0.1) is 0 Å². The molecule has 25 heavy (non-hydrogen) atoms. The van der Waals surface area contributed by atoms with Crippen molar-refractivity contribution in [3.8, 4) is 5.69 Å². The van der Waals surface area contributed by atoms with E-state index in [1.165, 1.54) is 4.90 Å². The maximum Gasteiger partial charge on any atom is 0.266 e. The summed E-state index contributed by atoms with van der Waals surface area (Å²) in [5.41, 5.74) is 2.86. The van der Waals surface area contributed by atoms with E-state index in [0.717, 1.165) is 16.9 Å². The highest BCUT2D eigenvalue weighted by Gasteiger charge is 2.32. The van der Waals surface area contributed by atoms with Crippen molar-refractivity contribution in [2.75, 3.05) is 6.54 Å². The number of aryl methyl sites for hydroxylation is 1. The first-order valence-corrected chi connectivity index (χ1v) is 8.17. The van der Waals surface area contributed by atoms with Crippen LogP contribution >= 0.6 is 12.2 Å². The molecule has 1 N–H and O–H groups in total. The Labute approximate surface area is 151 Å². The molecule has 2 aromatic rings. The van der Waals surface area contributed by atoms with Crippen LogP contribution in [-0.4, -0.2) is 32.9 Å². The van der Waals surface area contributed by atoms with Gasteiger partial charge in [0, 0.05) is 24.1 Å². The number of benzene rings is 1. The van der Waals surface area contributed by atoms with Crippen LogP contribution < -0.4 is 5.32 Å². The minimum absolute atomic E-state index is 0.0454. The summed E-state index contributed by atoms with van der Waals surface area (Å²) in [7, 11) is 0. The van der Waals surface area contributed by atoms with E-state index in [1.807, 2.05) is 54.1 Å². The van der Waals surface area contributed by atoms with Crippen molar-refractivity contribution in [2.45, 2.75) is 6.92 Å². The highest BCUT2D eigenvalue weighted by molar-refractivity contribution is 7.80. The SMILES string of the molecule is C=CCN1C(=O)/C(=C/c2cccn2-c2ccccc2C)C(=O)NC1=S. The summed E-state index contributed by atoms with van der Waals surface area (Å²) in [6.07, 6.45) is 5.05. The number of nitrogens with zero attached hydrogens (tertiary/aromatic N) is 2. The fourth-order valence-electron chi connectivity index (χ4n) is 2.70. The van der Waals surface area contributed by atoms with Crippen LogP contribution in [0.25, 0.3) is 11.8 Å². The van der Waals surface area contributed by atoms with Gasteiger partial charge in [0.1, 0.15) is 5.57 Å². The molecule has 5 nitrogen and oxygen atoms in total. The van der Waals surface area contributed by atoms with Gasteiger partial charge in [0.15, 0.2) is 5.11 Å². The molecule has 1 aliphatic heterocycles. The van der Waals surface area contributed by atoms with Crippen LogP contribution in [0, 0.1) is 6.92 Å². The van der Waals surface area contributed by atoms with Crippen molar-refractivity contribution in [1.82, 2.24) is 14.8 Å². The zero-order chi connectivity index (χ0) is 18.0. The van der Waals surface area contributed by atoms with Gasteiger partial charge < -0.3 is 4.57 Å². The predicted molar refractivity (Wildman–Crippen MR) is 101 cm³/mol. The largest absolute Gasteiger partial charge is 0.317 e. The Kier molecular flexibility index (Phi) is 4.63. The van der Waals surface area contributed by atoms with Crippen LogP contribution in [0.5, 0.6) is 0 Å². The molecule has 1 aromatic heterocycles. The molecule has 2 amide bonds. The lowest BCUT2D eigenvalue weighted by Crippen LogP contribution is -2.53. The topological polar surface area (TPSA) is 54.3 Å². The van der Waals surface area contributed by atoms with Gasteiger partial charge in [-0.15, -0.1) is 6.58 Å². The monoisotopic (exact) mass is 351 g/mol. The molecule has 1 saturated heterocycles. The van der Waals surface area contributed by atoms with Crippen molar-refractivity contribution in [3.63, 3.8) is 0 Å². The standard InChI is InChI=1S/C19H17N3O2S/c1-3-10-22-18(24)15(17(23)20-19(22)25)12-14-8-6-11-21(14)16-9-5-4-7-13(16)2/h3-9,11-12H,1,10H2,2H3,(H,20,23,25)/b15-12+. The van der Waals surface area contributed by atoms with Crippen molar-refractivity contribution < 1.29 is 9.59 Å². The van der Waals surface area contributed by atoms with E-state index in [4.69, 9.17) is 12.2 Å². The minimum atomic E-state index is -0.493. The first-order valence-electron chi connectivity index (χ1n) is 7.76. The molecule has 0 radical (unpaired) electrons. The molecule has 0 bridgehead atoms. The Morgan fingerprint density at radius 1 is 1.20 bits per heavy atom. The highest BCUT2D eigenvalue weighted by Crippen LogP contribution is 2.20. The molecule has 0 atom stereocenters. The van der Waals surface area contributed by atoms with Crippen molar-refractivity contribution in [2.24, 2.45) is 0 Å². The Hall–Kier alpha value is -2.99. The molecule has 0 saturated carbocycles. The number of amides is 2. The smallest absolute Gasteiger partial charge is 0.266 e. The second-order valence-corrected chi connectivity index (χ2v) is 6.00. The summed E-state index contributed by atoms with van der Waals surface area (Å²) in [6, 6.07) is 11.6. The van der Waals surface area contributed by atoms with Gasteiger partial charge >= 0.3 is 0 Å². The third-order valence-electron chi connectivity index (χ3n) is 3.94. The van der Waals surface area contributed by atoms with Crippen LogP contribution in [0.1, 0.15) is 11.3 Å². The number of carbonyl (C=O) groups excluding carboxylic acids is 2. The molecule has 126 valence electrons. The van der Waals surface area contributed by atoms with Gasteiger partial charge in [-0.25, -0.2) is 0 Å². The maximum absolute atomic E-state index is 12.6. The van der Waals surface area contributed by atoms with Crippen LogP contribution in [0.4, 0.5) is 0 Å². The zero-order valence-corrected chi connectivity index (χ0v) is 14.5. The molecule has 6 heteroatoms. The van der Waals surface area contributed by atoms with E-state index >= 15 is 0 Å². The highest BCUT2D eigenvalue weighted by atomic mass is 32.1. The second kappa shape index (κ2) is 6.86. The van der Waals surface area contributed by atoms with Crippen LogP contribution in [-0.2, 0) is 9.59 Å². The molecule has 0 spiro atoms. The summed E-state index contributed by atoms with van der Waals surface area (Å²) < 4.78 is 1.94. The van der Waals surface area contributed by atoms with E-state index in [1.54, 1.807) is 12.2 Å². The molecule has 1 aliphatic rings. The summed E-state index contributed by atoms with van der Waals surface area (Å²) in [4.78, 5) is 26.2. The molecule has 3 rings (SSSR count). The number of nitrogens with one attached hydrogen (secondary N) is 1. The Morgan fingerprint density at radius 3 is 2.68 bits per heavy atom. The van der Waals surface area contributed by atoms with Crippen LogP contribution in [0.15, 0.2) is 60.8 Å². The first kappa shape index (κ1) is 16.9. The average Bonchev–Trinajstić information content (AvgIpc) is 3.04.